The highest BCUT2D eigenvalue weighted by Gasteiger charge is 2.58. The maximum atomic E-state index is 13.3. The van der Waals surface area contributed by atoms with Gasteiger partial charge in [-0.2, -0.15) is 0 Å². The van der Waals surface area contributed by atoms with Crippen LogP contribution in [0.2, 0.25) is 5.02 Å². The third kappa shape index (κ3) is 3.82. The Morgan fingerprint density at radius 2 is 2.02 bits per heavy atom. The molecule has 1 saturated heterocycles. The number of oxime groups is 1. The second kappa shape index (κ2) is 9.82. The first-order valence-electron chi connectivity index (χ1n) is 13.2. The molecule has 2 heterocycles. The van der Waals surface area contributed by atoms with Crippen LogP contribution in [-0.2, 0) is 35.7 Å². The smallest absolute Gasteiger partial charge is 0.319 e. The Morgan fingerprint density at radius 3 is 2.73 bits per heavy atom. The van der Waals surface area contributed by atoms with Crippen LogP contribution in [0.15, 0.2) is 47.3 Å². The summed E-state index contributed by atoms with van der Waals surface area (Å²) in [6, 6.07) is 8.83. The normalized spacial score (nSPS) is 29.0. The first-order chi connectivity index (χ1) is 19.2. The number of hydrogen-bond donors (Lipinski definition) is 1. The molecule has 2 bridgehead atoms. The number of Topliss-reactive ketones (excluding diaryl/α,β-unsaturated/α-hetero) is 1. The third-order valence-corrected chi connectivity index (χ3v) is 9.35. The summed E-state index contributed by atoms with van der Waals surface area (Å²) in [4.78, 5) is 34.8. The average molecular weight is 567 g/mol. The van der Waals surface area contributed by atoms with Crippen molar-refractivity contribution in [2.24, 2.45) is 17.0 Å². The minimum Gasteiger partial charge on any atom is -0.504 e. The molecule has 10 heteroatoms. The fraction of sp³-hybridized carbons (Fsp3) is 0.433. The molecule has 40 heavy (non-hydrogen) atoms. The Labute approximate surface area is 237 Å². The lowest BCUT2D eigenvalue weighted by Crippen LogP contribution is -2.60. The van der Waals surface area contributed by atoms with Gasteiger partial charge in [-0.3, -0.25) is 9.59 Å². The van der Waals surface area contributed by atoms with Crippen LogP contribution in [0.1, 0.15) is 41.2 Å². The highest BCUT2D eigenvalue weighted by Crippen LogP contribution is 2.59. The number of rotatable bonds is 5. The van der Waals surface area contributed by atoms with Crippen LogP contribution in [0.25, 0.3) is 0 Å². The predicted molar refractivity (Wildman–Crippen MR) is 147 cm³/mol. The summed E-state index contributed by atoms with van der Waals surface area (Å²) in [6.07, 6.45) is 2.51. The average Bonchev–Trinajstić information content (AvgIpc) is 3.39. The number of phenolic OH excluding ortho intramolecular Hbond substituents is 1. The molecule has 2 aliphatic heterocycles. The molecule has 2 aliphatic carbocycles. The van der Waals surface area contributed by atoms with Crippen LogP contribution >= 0.6 is 11.6 Å². The van der Waals surface area contributed by atoms with Gasteiger partial charge in [-0.15, -0.1) is 0 Å². The number of phenols is 1. The Hall–Kier alpha value is -3.56. The summed E-state index contributed by atoms with van der Waals surface area (Å²) in [5.41, 5.74) is 2.59. The molecule has 0 aromatic heterocycles. The van der Waals surface area contributed by atoms with E-state index in [0.29, 0.717) is 46.0 Å². The number of methoxy groups -OCH3 is 3. The second-order valence-corrected chi connectivity index (χ2v) is 11.3. The van der Waals surface area contributed by atoms with Gasteiger partial charge in [0, 0.05) is 45.5 Å². The molecule has 2 aromatic rings. The number of halogens is 1. The van der Waals surface area contributed by atoms with E-state index in [0.717, 1.165) is 12.1 Å². The van der Waals surface area contributed by atoms with Crippen molar-refractivity contribution in [2.45, 2.75) is 36.8 Å². The molecule has 1 fully saturated rings. The summed E-state index contributed by atoms with van der Waals surface area (Å²) in [6.45, 7) is 0.767. The van der Waals surface area contributed by atoms with Gasteiger partial charge >= 0.3 is 5.97 Å². The minimum absolute atomic E-state index is 0.0138. The Kier molecular flexibility index (Phi) is 6.54. The fourth-order valence-electron chi connectivity index (χ4n) is 7.24. The molecule has 6 rings (SSSR count). The number of ketones is 1. The Bertz CT molecular complexity index is 1470. The summed E-state index contributed by atoms with van der Waals surface area (Å²) in [7, 11) is 6.40. The maximum Gasteiger partial charge on any atom is 0.319 e. The minimum atomic E-state index is -0.886. The van der Waals surface area contributed by atoms with Crippen molar-refractivity contribution in [1.29, 1.82) is 0 Å². The summed E-state index contributed by atoms with van der Waals surface area (Å²) in [5, 5.41) is 16.5. The number of esters is 1. The van der Waals surface area contributed by atoms with Gasteiger partial charge in [0.2, 0.25) is 0 Å². The van der Waals surface area contributed by atoms with Crippen LogP contribution in [0, 0.1) is 11.8 Å². The number of fused-ring (bicyclic) bond motifs is 1. The van der Waals surface area contributed by atoms with Crippen molar-refractivity contribution in [3.63, 3.8) is 0 Å². The highest BCUT2D eigenvalue weighted by atomic mass is 35.5. The Morgan fingerprint density at radius 1 is 1.23 bits per heavy atom. The number of piperidine rings is 1. The standard InChI is InChI=1S/C30H31ClN2O7/c1-33-9-8-30-14-21(34)22(37-2)13-19(30)20(33)11-17-18(12-23(38-3)27(35)25(17)30)28-24(29(36)39-4)26(32-40-28)15-6-5-7-16(31)10-15/h5-7,10,12-13,19-20,24,28,35H,8-9,11,14H2,1-4H3/t19-,20+,24+,28-,30-/m1/s1. The molecule has 210 valence electrons. The van der Waals surface area contributed by atoms with E-state index < -0.39 is 23.4 Å². The molecule has 0 unspecified atom stereocenters. The number of allylic oxidation sites excluding steroid dienone is 1. The molecule has 0 amide bonds. The molecular weight excluding hydrogens is 536 g/mol. The van der Waals surface area contributed by atoms with E-state index in [-0.39, 0.29) is 35.7 Å². The van der Waals surface area contributed by atoms with Gasteiger partial charge in [-0.05, 0) is 56.3 Å². The van der Waals surface area contributed by atoms with Crippen molar-refractivity contribution in [2.75, 3.05) is 34.9 Å². The van der Waals surface area contributed by atoms with E-state index in [4.69, 9.17) is 30.6 Å². The zero-order chi connectivity index (χ0) is 28.3. The summed E-state index contributed by atoms with van der Waals surface area (Å²) in [5.74, 6) is -0.937. The number of carbonyl (C=O) groups is 2. The number of likely N-dealkylation sites (N-methyl/N-ethyl adjacent to an activating group) is 1. The summed E-state index contributed by atoms with van der Waals surface area (Å²) >= 11 is 6.25. The van der Waals surface area contributed by atoms with Crippen molar-refractivity contribution < 1.29 is 33.7 Å². The molecule has 4 aliphatic rings. The molecule has 0 saturated carbocycles. The molecule has 0 spiro atoms. The molecule has 2 aromatic carbocycles. The summed E-state index contributed by atoms with van der Waals surface area (Å²) < 4.78 is 16.3. The van der Waals surface area contributed by atoms with Gasteiger partial charge in [0.15, 0.2) is 29.1 Å². The van der Waals surface area contributed by atoms with Gasteiger partial charge in [0.1, 0.15) is 11.6 Å². The van der Waals surface area contributed by atoms with Gasteiger partial charge in [0.05, 0.1) is 21.3 Å². The number of hydrogen-bond acceptors (Lipinski definition) is 9. The molecule has 5 atom stereocenters. The van der Waals surface area contributed by atoms with E-state index in [1.54, 1.807) is 24.3 Å². The number of benzene rings is 2. The molecular formula is C30H31ClN2O7. The number of aromatic hydroxyl groups is 1. The van der Waals surface area contributed by atoms with Crippen LogP contribution in [0.5, 0.6) is 11.5 Å². The topological polar surface area (TPSA) is 107 Å². The number of likely N-dealkylation sites (tertiary alicyclic amines) is 1. The predicted octanol–water partition coefficient (Wildman–Crippen LogP) is 3.94. The monoisotopic (exact) mass is 566 g/mol. The number of carbonyl (C=O) groups excluding carboxylic acids is 2. The molecule has 9 nitrogen and oxygen atoms in total. The van der Waals surface area contributed by atoms with Crippen molar-refractivity contribution in [3.05, 3.63) is 69.4 Å². The van der Waals surface area contributed by atoms with E-state index in [9.17, 15) is 14.7 Å². The number of ether oxygens (including phenoxy) is 3. The van der Waals surface area contributed by atoms with E-state index in [1.165, 1.54) is 21.3 Å². The lowest BCUT2D eigenvalue weighted by atomic mass is 9.53. The molecule has 0 radical (unpaired) electrons. The van der Waals surface area contributed by atoms with Gasteiger partial charge in [-0.25, -0.2) is 0 Å². The van der Waals surface area contributed by atoms with Gasteiger partial charge in [-0.1, -0.05) is 28.9 Å². The first-order valence-corrected chi connectivity index (χ1v) is 13.6. The lowest BCUT2D eigenvalue weighted by Gasteiger charge is -2.57. The second-order valence-electron chi connectivity index (χ2n) is 10.9. The largest absolute Gasteiger partial charge is 0.504 e. The van der Waals surface area contributed by atoms with E-state index in [1.807, 2.05) is 12.1 Å². The van der Waals surface area contributed by atoms with Crippen LogP contribution < -0.4 is 4.74 Å². The molecule has 1 N–H and O–H groups in total. The third-order valence-electron chi connectivity index (χ3n) is 9.11. The Balaban J connectivity index is 1.55. The quantitative estimate of drug-likeness (QED) is 0.543. The SMILES string of the molecule is COC(=O)[C@H]1C(c2cccc(Cl)c2)=NO[C@@H]1c1cc(OC)c(O)c2c1C[C@H]1[C@H]3C=C(OC)C(=O)C[C@@]23CCN1C. The van der Waals surface area contributed by atoms with Crippen LogP contribution in [0.3, 0.4) is 0 Å². The van der Waals surface area contributed by atoms with Crippen molar-refractivity contribution >= 4 is 29.1 Å². The van der Waals surface area contributed by atoms with Crippen LogP contribution in [0.4, 0.5) is 0 Å². The maximum absolute atomic E-state index is 13.3. The highest BCUT2D eigenvalue weighted by molar-refractivity contribution is 6.31. The zero-order valence-electron chi connectivity index (χ0n) is 22.8. The van der Waals surface area contributed by atoms with Crippen LogP contribution in [-0.4, -0.2) is 68.4 Å². The lowest BCUT2D eigenvalue weighted by molar-refractivity contribution is -0.146. The van der Waals surface area contributed by atoms with Gasteiger partial charge in [0.25, 0.3) is 0 Å². The van der Waals surface area contributed by atoms with Crippen molar-refractivity contribution in [3.8, 4) is 11.5 Å². The van der Waals surface area contributed by atoms with Crippen molar-refractivity contribution in [1.82, 2.24) is 4.90 Å². The first kappa shape index (κ1) is 26.7. The van der Waals surface area contributed by atoms with E-state index >= 15 is 0 Å². The fourth-order valence-corrected chi connectivity index (χ4v) is 7.43. The zero-order valence-corrected chi connectivity index (χ0v) is 23.5. The van der Waals surface area contributed by atoms with Gasteiger partial charge < -0.3 is 29.1 Å². The van der Waals surface area contributed by atoms with E-state index in [2.05, 4.69) is 17.1 Å². The number of nitrogens with zero attached hydrogens (tertiary/aromatic N) is 2.